The van der Waals surface area contributed by atoms with E-state index in [2.05, 4.69) is 0 Å². The maximum Gasteiger partial charge on any atom is 0.305 e. The molecule has 2 saturated heterocycles. The number of nitrogens with zero attached hydrogens (tertiary/aromatic N) is 2. The predicted octanol–water partition coefficient (Wildman–Crippen LogP) is -0.596. The van der Waals surface area contributed by atoms with E-state index in [4.69, 9.17) is 19.1 Å². The topological polar surface area (TPSA) is 146 Å². The number of hydrogen-bond donors (Lipinski definition) is 0. The molecular weight excluding hydrogens is 392 g/mol. The smallest absolute Gasteiger partial charge is 0.305 e. The number of amides is 4. The second-order valence-corrected chi connectivity index (χ2v) is 6.12. The van der Waals surface area contributed by atoms with Crippen LogP contribution < -0.4 is 0 Å². The molecule has 0 unspecified atom stereocenters. The third-order valence-corrected chi connectivity index (χ3v) is 3.91. The molecule has 2 fully saturated rings. The lowest BCUT2D eigenvalue weighted by molar-refractivity contribution is -0.192. The van der Waals surface area contributed by atoms with Crippen LogP contribution in [0, 0.1) is 0 Å². The number of rotatable bonds is 12. The van der Waals surface area contributed by atoms with Crippen LogP contribution in [-0.2, 0) is 47.9 Å². The number of esters is 2. The molecule has 2 heterocycles. The van der Waals surface area contributed by atoms with Crippen molar-refractivity contribution in [2.45, 2.75) is 44.9 Å². The van der Waals surface area contributed by atoms with Gasteiger partial charge in [0.15, 0.2) is 0 Å². The van der Waals surface area contributed by atoms with Crippen molar-refractivity contribution in [2.75, 3.05) is 26.4 Å². The molecule has 12 heteroatoms. The minimum atomic E-state index is -0.560. The quantitative estimate of drug-likeness (QED) is 0.230. The standard InChI is InChI=1S/C17H22N2O10/c20-12-4-5-13(21)18(12)28-10-8-26-16(24)2-1-3-17(25)27-9-11-29-19-14(22)6-7-15(19)23/h1-11H2. The fourth-order valence-electron chi connectivity index (χ4n) is 2.49. The number of carbonyl (C=O) groups is 6. The van der Waals surface area contributed by atoms with Crippen LogP contribution in [0.15, 0.2) is 0 Å². The Morgan fingerprint density at radius 1 is 0.621 bits per heavy atom. The molecule has 0 aromatic carbocycles. The Kier molecular flexibility index (Phi) is 8.68. The maximum absolute atomic E-state index is 11.6. The van der Waals surface area contributed by atoms with Crippen molar-refractivity contribution in [3.05, 3.63) is 0 Å². The van der Waals surface area contributed by atoms with E-state index in [1.165, 1.54) is 0 Å². The zero-order chi connectivity index (χ0) is 21.2. The van der Waals surface area contributed by atoms with E-state index >= 15 is 0 Å². The van der Waals surface area contributed by atoms with Gasteiger partial charge in [-0.1, -0.05) is 0 Å². The van der Waals surface area contributed by atoms with Gasteiger partial charge in [0.05, 0.1) is 0 Å². The highest BCUT2D eigenvalue weighted by molar-refractivity contribution is 6.01. The van der Waals surface area contributed by atoms with Crippen molar-refractivity contribution < 1.29 is 47.9 Å². The van der Waals surface area contributed by atoms with E-state index in [0.717, 1.165) is 0 Å². The van der Waals surface area contributed by atoms with Gasteiger partial charge in [-0.15, -0.1) is 0 Å². The minimum Gasteiger partial charge on any atom is -0.463 e. The number of imide groups is 2. The molecule has 12 nitrogen and oxygen atoms in total. The van der Waals surface area contributed by atoms with Gasteiger partial charge in [0, 0.05) is 38.5 Å². The molecule has 2 aliphatic rings. The third kappa shape index (κ3) is 7.23. The first-order chi connectivity index (χ1) is 13.9. The van der Waals surface area contributed by atoms with E-state index in [-0.39, 0.29) is 71.4 Å². The SMILES string of the molecule is O=C(CCCC(=O)OCCON1C(=O)CCC1=O)OCCON1C(=O)CCC1=O. The van der Waals surface area contributed by atoms with Crippen LogP contribution in [0.3, 0.4) is 0 Å². The Hall–Kier alpha value is -2.86. The van der Waals surface area contributed by atoms with Crippen LogP contribution in [0.25, 0.3) is 0 Å². The highest BCUT2D eigenvalue weighted by Crippen LogP contribution is 2.12. The van der Waals surface area contributed by atoms with Crippen LogP contribution in [0.4, 0.5) is 0 Å². The summed E-state index contributed by atoms with van der Waals surface area (Å²) in [6.07, 6.45) is 0.578. The summed E-state index contributed by atoms with van der Waals surface area (Å²) >= 11 is 0. The van der Waals surface area contributed by atoms with Gasteiger partial charge >= 0.3 is 11.9 Å². The summed E-state index contributed by atoms with van der Waals surface area (Å²) < 4.78 is 9.75. The van der Waals surface area contributed by atoms with E-state index in [0.29, 0.717) is 10.1 Å². The number of ether oxygens (including phenoxy) is 2. The summed E-state index contributed by atoms with van der Waals surface area (Å²) in [5.41, 5.74) is 0. The Bertz CT molecular complexity index is 589. The van der Waals surface area contributed by atoms with Gasteiger partial charge in [-0.25, -0.2) is 0 Å². The van der Waals surface area contributed by atoms with Crippen molar-refractivity contribution in [3.63, 3.8) is 0 Å². The van der Waals surface area contributed by atoms with Gasteiger partial charge in [0.25, 0.3) is 23.6 Å². The zero-order valence-electron chi connectivity index (χ0n) is 15.8. The molecule has 0 radical (unpaired) electrons. The average molecular weight is 414 g/mol. The van der Waals surface area contributed by atoms with Gasteiger partial charge in [-0.2, -0.15) is 10.1 Å². The molecule has 0 aromatic rings. The molecule has 0 spiro atoms. The number of hydroxylamine groups is 4. The van der Waals surface area contributed by atoms with Crippen LogP contribution in [-0.4, -0.2) is 72.1 Å². The first kappa shape index (κ1) is 22.4. The predicted molar refractivity (Wildman–Crippen MR) is 89.8 cm³/mol. The Morgan fingerprint density at radius 2 is 0.966 bits per heavy atom. The van der Waals surface area contributed by atoms with E-state index < -0.39 is 35.6 Å². The van der Waals surface area contributed by atoms with E-state index in [1.807, 2.05) is 0 Å². The first-order valence-electron chi connectivity index (χ1n) is 9.17. The van der Waals surface area contributed by atoms with Gasteiger partial charge in [0.1, 0.15) is 26.4 Å². The normalized spacial score (nSPS) is 16.7. The van der Waals surface area contributed by atoms with Crippen molar-refractivity contribution in [2.24, 2.45) is 0 Å². The molecule has 0 saturated carbocycles. The molecule has 0 N–H and O–H groups in total. The Labute approximate surface area is 165 Å². The van der Waals surface area contributed by atoms with Crippen molar-refractivity contribution in [1.82, 2.24) is 10.1 Å². The van der Waals surface area contributed by atoms with Gasteiger partial charge in [-0.05, 0) is 6.42 Å². The van der Waals surface area contributed by atoms with Crippen molar-refractivity contribution in [3.8, 4) is 0 Å². The average Bonchev–Trinajstić information content (AvgIpc) is 3.17. The molecule has 0 bridgehead atoms. The lowest BCUT2D eigenvalue weighted by Gasteiger charge is -2.13. The Morgan fingerprint density at radius 3 is 1.31 bits per heavy atom. The molecule has 0 aromatic heterocycles. The van der Waals surface area contributed by atoms with Gasteiger partial charge in [0.2, 0.25) is 0 Å². The number of hydrogen-bond acceptors (Lipinski definition) is 10. The molecular formula is C17H22N2O10. The number of carbonyl (C=O) groups excluding carboxylic acids is 6. The van der Waals surface area contributed by atoms with Crippen LogP contribution in [0.1, 0.15) is 44.9 Å². The summed E-state index contributed by atoms with van der Waals surface area (Å²) in [6.45, 7) is -0.530. The van der Waals surface area contributed by atoms with Crippen molar-refractivity contribution >= 4 is 35.6 Å². The molecule has 2 aliphatic heterocycles. The van der Waals surface area contributed by atoms with Crippen LogP contribution in [0.2, 0.25) is 0 Å². The molecule has 4 amide bonds. The summed E-state index contributed by atoms with van der Waals surface area (Å²) in [6, 6.07) is 0. The van der Waals surface area contributed by atoms with Crippen LogP contribution >= 0.6 is 0 Å². The van der Waals surface area contributed by atoms with Crippen molar-refractivity contribution in [1.29, 1.82) is 0 Å². The fraction of sp³-hybridized carbons (Fsp3) is 0.647. The summed E-state index contributed by atoms with van der Waals surface area (Å²) in [4.78, 5) is 78.2. The van der Waals surface area contributed by atoms with Gasteiger partial charge in [-0.3, -0.25) is 38.4 Å². The minimum absolute atomic E-state index is 0.0239. The van der Waals surface area contributed by atoms with Crippen LogP contribution in [0.5, 0.6) is 0 Å². The van der Waals surface area contributed by atoms with Gasteiger partial charge < -0.3 is 9.47 Å². The molecule has 29 heavy (non-hydrogen) atoms. The fourth-order valence-corrected chi connectivity index (χ4v) is 2.49. The summed E-state index contributed by atoms with van der Waals surface area (Å²) in [5.74, 6) is -2.83. The molecule has 0 aliphatic carbocycles. The molecule has 2 rings (SSSR count). The zero-order valence-corrected chi connectivity index (χ0v) is 15.8. The first-order valence-corrected chi connectivity index (χ1v) is 9.17. The second-order valence-electron chi connectivity index (χ2n) is 6.12. The van der Waals surface area contributed by atoms with E-state index in [9.17, 15) is 28.8 Å². The lowest BCUT2D eigenvalue weighted by atomic mass is 10.2. The molecule has 0 atom stereocenters. The highest BCUT2D eigenvalue weighted by atomic mass is 16.7. The Balaban J connectivity index is 1.45. The second kappa shape index (κ2) is 11.2. The lowest BCUT2D eigenvalue weighted by Crippen LogP contribution is -2.31. The summed E-state index contributed by atoms with van der Waals surface area (Å²) in [5, 5.41) is 1.34. The largest absolute Gasteiger partial charge is 0.463 e. The van der Waals surface area contributed by atoms with E-state index in [1.54, 1.807) is 0 Å². The molecule has 160 valence electrons. The highest BCUT2D eigenvalue weighted by Gasteiger charge is 2.30. The monoisotopic (exact) mass is 414 g/mol. The third-order valence-electron chi connectivity index (χ3n) is 3.91. The maximum atomic E-state index is 11.6. The summed E-state index contributed by atoms with van der Waals surface area (Å²) in [7, 11) is 0.